The summed E-state index contributed by atoms with van der Waals surface area (Å²) < 4.78 is 1.82. The van der Waals surface area contributed by atoms with E-state index < -0.39 is 0 Å². The first-order chi connectivity index (χ1) is 6.75. The fourth-order valence-corrected chi connectivity index (χ4v) is 2.00. The van der Waals surface area contributed by atoms with E-state index in [2.05, 4.69) is 22.7 Å². The first-order valence-corrected chi connectivity index (χ1v) is 5.24. The van der Waals surface area contributed by atoms with Gasteiger partial charge in [0.1, 0.15) is 0 Å². The zero-order valence-electron chi connectivity index (χ0n) is 8.83. The molecule has 1 aromatic heterocycles. The molecule has 0 aliphatic carbocycles. The van der Waals surface area contributed by atoms with Crippen molar-refractivity contribution >= 4 is 5.69 Å². The van der Waals surface area contributed by atoms with Gasteiger partial charge in [0.2, 0.25) is 0 Å². The summed E-state index contributed by atoms with van der Waals surface area (Å²) in [6.07, 6.45) is 6.44. The van der Waals surface area contributed by atoms with Gasteiger partial charge in [-0.15, -0.1) is 0 Å². The molecular weight excluding hydrogens is 176 g/mol. The average molecular weight is 194 g/mol. The molecule has 1 aliphatic rings. The summed E-state index contributed by atoms with van der Waals surface area (Å²) >= 11 is 0. The molecule has 0 radical (unpaired) electrons. The van der Waals surface area contributed by atoms with Crippen LogP contribution in [0.2, 0.25) is 0 Å². The first-order valence-electron chi connectivity index (χ1n) is 5.24. The van der Waals surface area contributed by atoms with Gasteiger partial charge in [0.15, 0.2) is 0 Å². The lowest BCUT2D eigenvalue weighted by molar-refractivity contribution is 0.538. The summed E-state index contributed by atoms with van der Waals surface area (Å²) in [6.45, 7) is 3.37. The van der Waals surface area contributed by atoms with E-state index in [0.29, 0.717) is 12.1 Å². The molecule has 1 fully saturated rings. The third-order valence-corrected chi connectivity index (χ3v) is 2.80. The highest BCUT2D eigenvalue weighted by Crippen LogP contribution is 2.13. The standard InChI is InChI=1S/C10H18N4/c1-8(10-4-3-5-11-10)13-9-6-12-14(2)7-9/h6-8,10-11,13H,3-5H2,1-2H3. The quantitative estimate of drug-likeness (QED) is 0.753. The number of nitrogens with zero attached hydrogens (tertiary/aromatic N) is 2. The maximum absolute atomic E-state index is 4.13. The molecular formula is C10H18N4. The van der Waals surface area contributed by atoms with Gasteiger partial charge in [-0.05, 0) is 26.3 Å². The molecule has 1 aliphatic heterocycles. The third kappa shape index (κ3) is 2.07. The summed E-state index contributed by atoms with van der Waals surface area (Å²) in [4.78, 5) is 0. The Morgan fingerprint density at radius 2 is 2.57 bits per heavy atom. The number of aryl methyl sites for hydroxylation is 1. The lowest BCUT2D eigenvalue weighted by Gasteiger charge is -2.20. The Hall–Kier alpha value is -1.03. The summed E-state index contributed by atoms with van der Waals surface area (Å²) in [5.41, 5.74) is 1.11. The van der Waals surface area contributed by atoms with Crippen molar-refractivity contribution in [3.8, 4) is 0 Å². The molecule has 2 unspecified atom stereocenters. The number of aromatic nitrogens is 2. The molecule has 2 N–H and O–H groups in total. The van der Waals surface area contributed by atoms with Gasteiger partial charge >= 0.3 is 0 Å². The smallest absolute Gasteiger partial charge is 0.0728 e. The van der Waals surface area contributed by atoms with Crippen molar-refractivity contribution in [1.29, 1.82) is 0 Å². The van der Waals surface area contributed by atoms with Crippen LogP contribution in [0.15, 0.2) is 12.4 Å². The topological polar surface area (TPSA) is 41.9 Å². The first kappa shape index (κ1) is 9.52. The minimum absolute atomic E-state index is 0.474. The van der Waals surface area contributed by atoms with Crippen molar-refractivity contribution in [2.24, 2.45) is 7.05 Å². The van der Waals surface area contributed by atoms with Crippen LogP contribution in [0.5, 0.6) is 0 Å². The third-order valence-electron chi connectivity index (χ3n) is 2.80. The molecule has 14 heavy (non-hydrogen) atoms. The van der Waals surface area contributed by atoms with Gasteiger partial charge in [0.05, 0.1) is 11.9 Å². The summed E-state index contributed by atoms with van der Waals surface area (Å²) in [7, 11) is 1.93. The lowest BCUT2D eigenvalue weighted by Crippen LogP contribution is -2.37. The van der Waals surface area contributed by atoms with Crippen LogP contribution in [0.1, 0.15) is 19.8 Å². The molecule has 2 rings (SSSR count). The van der Waals surface area contributed by atoms with Gasteiger partial charge < -0.3 is 10.6 Å². The van der Waals surface area contributed by atoms with E-state index in [-0.39, 0.29) is 0 Å². The van der Waals surface area contributed by atoms with Crippen molar-refractivity contribution in [2.75, 3.05) is 11.9 Å². The van der Waals surface area contributed by atoms with E-state index in [9.17, 15) is 0 Å². The molecule has 0 saturated carbocycles. The molecule has 4 nitrogen and oxygen atoms in total. The number of hydrogen-bond acceptors (Lipinski definition) is 3. The Morgan fingerprint density at radius 1 is 1.71 bits per heavy atom. The van der Waals surface area contributed by atoms with E-state index in [0.717, 1.165) is 12.2 Å². The van der Waals surface area contributed by atoms with Crippen LogP contribution in [0.4, 0.5) is 5.69 Å². The Morgan fingerprint density at radius 3 is 3.14 bits per heavy atom. The van der Waals surface area contributed by atoms with Crippen molar-refractivity contribution in [3.63, 3.8) is 0 Å². The molecule has 0 amide bonds. The van der Waals surface area contributed by atoms with Crippen molar-refractivity contribution < 1.29 is 0 Å². The maximum atomic E-state index is 4.13. The van der Waals surface area contributed by atoms with Gasteiger partial charge in [0, 0.05) is 25.3 Å². The molecule has 2 heterocycles. The predicted molar refractivity (Wildman–Crippen MR) is 57.3 cm³/mol. The highest BCUT2D eigenvalue weighted by Gasteiger charge is 2.20. The zero-order chi connectivity index (χ0) is 9.97. The second-order valence-corrected chi connectivity index (χ2v) is 4.04. The second kappa shape index (κ2) is 4.00. The predicted octanol–water partition coefficient (Wildman–Crippen LogP) is 0.972. The maximum Gasteiger partial charge on any atom is 0.0728 e. The Labute approximate surface area is 84.7 Å². The molecule has 1 saturated heterocycles. The minimum Gasteiger partial charge on any atom is -0.378 e. The van der Waals surface area contributed by atoms with Gasteiger partial charge in [-0.3, -0.25) is 4.68 Å². The number of rotatable bonds is 3. The van der Waals surface area contributed by atoms with Crippen LogP contribution in [-0.4, -0.2) is 28.4 Å². The second-order valence-electron chi connectivity index (χ2n) is 4.04. The van der Waals surface area contributed by atoms with E-state index in [1.807, 2.05) is 24.1 Å². The molecule has 1 aromatic rings. The van der Waals surface area contributed by atoms with Crippen LogP contribution in [0.3, 0.4) is 0 Å². The Bertz CT molecular complexity index is 288. The molecule has 2 atom stereocenters. The van der Waals surface area contributed by atoms with E-state index in [4.69, 9.17) is 0 Å². The van der Waals surface area contributed by atoms with Gasteiger partial charge in [0.25, 0.3) is 0 Å². The van der Waals surface area contributed by atoms with Crippen LogP contribution < -0.4 is 10.6 Å². The summed E-state index contributed by atoms with van der Waals surface area (Å²) in [6, 6.07) is 1.08. The number of anilines is 1. The van der Waals surface area contributed by atoms with E-state index in [1.165, 1.54) is 12.8 Å². The van der Waals surface area contributed by atoms with Crippen molar-refractivity contribution in [3.05, 3.63) is 12.4 Å². The number of nitrogens with one attached hydrogen (secondary N) is 2. The van der Waals surface area contributed by atoms with E-state index in [1.54, 1.807) is 0 Å². The van der Waals surface area contributed by atoms with Crippen LogP contribution >= 0.6 is 0 Å². The van der Waals surface area contributed by atoms with Crippen LogP contribution in [0.25, 0.3) is 0 Å². The molecule has 0 spiro atoms. The van der Waals surface area contributed by atoms with Gasteiger partial charge in [-0.1, -0.05) is 0 Å². The number of hydrogen-bond donors (Lipinski definition) is 2. The highest BCUT2D eigenvalue weighted by molar-refractivity contribution is 5.39. The van der Waals surface area contributed by atoms with Crippen LogP contribution in [-0.2, 0) is 7.05 Å². The van der Waals surface area contributed by atoms with E-state index >= 15 is 0 Å². The van der Waals surface area contributed by atoms with Crippen molar-refractivity contribution in [1.82, 2.24) is 15.1 Å². The Balaban J connectivity index is 1.90. The zero-order valence-corrected chi connectivity index (χ0v) is 8.83. The minimum atomic E-state index is 0.474. The van der Waals surface area contributed by atoms with Crippen molar-refractivity contribution in [2.45, 2.75) is 31.8 Å². The van der Waals surface area contributed by atoms with Gasteiger partial charge in [-0.2, -0.15) is 5.10 Å². The Kier molecular flexibility index (Phi) is 2.72. The molecule has 0 aromatic carbocycles. The van der Waals surface area contributed by atoms with Crippen LogP contribution in [0, 0.1) is 0 Å². The highest BCUT2D eigenvalue weighted by atomic mass is 15.3. The fourth-order valence-electron chi connectivity index (χ4n) is 2.00. The van der Waals surface area contributed by atoms with Gasteiger partial charge in [-0.25, -0.2) is 0 Å². The monoisotopic (exact) mass is 194 g/mol. The molecule has 78 valence electrons. The fraction of sp³-hybridized carbons (Fsp3) is 0.700. The molecule has 4 heteroatoms. The molecule has 0 bridgehead atoms. The average Bonchev–Trinajstić information content (AvgIpc) is 2.75. The normalized spacial score (nSPS) is 23.7. The summed E-state index contributed by atoms with van der Waals surface area (Å²) in [5, 5.41) is 11.1. The lowest BCUT2D eigenvalue weighted by atomic mass is 10.1. The summed E-state index contributed by atoms with van der Waals surface area (Å²) in [5.74, 6) is 0. The SMILES string of the molecule is CC(Nc1cnn(C)c1)C1CCCN1. The largest absolute Gasteiger partial charge is 0.378 e.